The maximum atomic E-state index is 12.5. The highest BCUT2D eigenvalue weighted by Crippen LogP contribution is 2.22. The molecule has 5 nitrogen and oxygen atoms in total. The topological polar surface area (TPSA) is 66.2 Å². The van der Waals surface area contributed by atoms with Gasteiger partial charge in [-0.2, -0.15) is 5.26 Å². The van der Waals surface area contributed by atoms with Crippen molar-refractivity contribution >= 4 is 5.91 Å². The van der Waals surface area contributed by atoms with Crippen molar-refractivity contribution in [3.63, 3.8) is 0 Å². The van der Waals surface area contributed by atoms with E-state index in [1.165, 1.54) is 0 Å². The van der Waals surface area contributed by atoms with E-state index in [2.05, 4.69) is 23.2 Å². The molecule has 0 N–H and O–H groups in total. The van der Waals surface area contributed by atoms with Crippen LogP contribution in [0.2, 0.25) is 0 Å². The number of nitriles is 1. The van der Waals surface area contributed by atoms with E-state index in [1.54, 1.807) is 23.2 Å². The zero-order valence-corrected chi connectivity index (χ0v) is 15.3. The third-order valence-corrected chi connectivity index (χ3v) is 4.79. The molecule has 1 aliphatic rings. The number of ether oxygens (including phenoxy) is 1. The van der Waals surface area contributed by atoms with Crippen LogP contribution in [0.4, 0.5) is 0 Å². The number of amides is 1. The Balaban J connectivity index is 1.30. The Morgan fingerprint density at radius 2 is 1.75 bits per heavy atom. The predicted octanol–water partition coefficient (Wildman–Crippen LogP) is 3.45. The molecular weight excluding hydrogens is 350 g/mol. The van der Waals surface area contributed by atoms with Gasteiger partial charge in [0.15, 0.2) is 0 Å². The number of likely N-dealkylation sites (tertiary alicyclic amines) is 1. The highest BCUT2D eigenvalue weighted by molar-refractivity contribution is 5.80. The standard InChI is InChI=1S/C23H19N3O2/c24-14-20-7-4-12-25-23(20)28-21-15-26(16-21)22(27)13-17-8-10-19(11-9-17)18-5-2-1-3-6-18/h1-12,21H,13,15-16H2. The minimum atomic E-state index is -0.119. The molecule has 0 spiro atoms. The first kappa shape index (κ1) is 17.7. The Labute approximate surface area is 163 Å². The van der Waals surface area contributed by atoms with Gasteiger partial charge in [0.1, 0.15) is 17.7 Å². The van der Waals surface area contributed by atoms with Crippen molar-refractivity contribution in [2.45, 2.75) is 12.5 Å². The SMILES string of the molecule is N#Cc1cccnc1OC1CN(C(=O)Cc2ccc(-c3ccccc3)cc2)C1. The molecule has 0 aliphatic carbocycles. The lowest BCUT2D eigenvalue weighted by molar-refractivity contribution is -0.139. The van der Waals surface area contributed by atoms with Crippen LogP contribution in [0.15, 0.2) is 72.9 Å². The molecule has 0 unspecified atom stereocenters. The Morgan fingerprint density at radius 1 is 1.04 bits per heavy atom. The molecule has 1 aromatic heterocycles. The van der Waals surface area contributed by atoms with E-state index < -0.39 is 0 Å². The number of rotatable bonds is 5. The molecule has 2 aromatic carbocycles. The van der Waals surface area contributed by atoms with Crippen molar-refractivity contribution in [3.05, 3.63) is 84.1 Å². The third kappa shape index (κ3) is 3.86. The zero-order valence-electron chi connectivity index (χ0n) is 15.3. The number of nitrogens with zero attached hydrogens (tertiary/aromatic N) is 3. The second kappa shape index (κ2) is 7.93. The van der Waals surface area contributed by atoms with Crippen LogP contribution in [-0.2, 0) is 11.2 Å². The zero-order chi connectivity index (χ0) is 19.3. The van der Waals surface area contributed by atoms with E-state index in [0.29, 0.717) is 31.0 Å². The first-order chi connectivity index (χ1) is 13.7. The molecule has 1 amide bonds. The summed E-state index contributed by atoms with van der Waals surface area (Å²) in [5.74, 6) is 0.410. The second-order valence-corrected chi connectivity index (χ2v) is 6.75. The largest absolute Gasteiger partial charge is 0.470 e. The first-order valence-electron chi connectivity index (χ1n) is 9.17. The van der Waals surface area contributed by atoms with Crippen LogP contribution in [-0.4, -0.2) is 35.0 Å². The van der Waals surface area contributed by atoms with Crippen molar-refractivity contribution in [1.82, 2.24) is 9.88 Å². The van der Waals surface area contributed by atoms with Crippen molar-refractivity contribution in [1.29, 1.82) is 5.26 Å². The van der Waals surface area contributed by atoms with E-state index in [4.69, 9.17) is 10.00 Å². The van der Waals surface area contributed by atoms with Crippen LogP contribution in [0.5, 0.6) is 5.88 Å². The fraction of sp³-hybridized carbons (Fsp3) is 0.174. The lowest BCUT2D eigenvalue weighted by atomic mass is 10.0. The normalized spacial score (nSPS) is 13.5. The van der Waals surface area contributed by atoms with E-state index in [0.717, 1.165) is 16.7 Å². The molecule has 3 aromatic rings. The molecular formula is C23H19N3O2. The number of hydrogen-bond donors (Lipinski definition) is 0. The molecule has 1 saturated heterocycles. The van der Waals surface area contributed by atoms with Gasteiger partial charge in [0, 0.05) is 6.20 Å². The lowest BCUT2D eigenvalue weighted by Gasteiger charge is -2.38. The smallest absolute Gasteiger partial charge is 0.232 e. The van der Waals surface area contributed by atoms with Crippen LogP contribution in [0, 0.1) is 11.3 Å². The maximum absolute atomic E-state index is 12.5. The van der Waals surface area contributed by atoms with Crippen LogP contribution >= 0.6 is 0 Å². The summed E-state index contributed by atoms with van der Waals surface area (Å²) in [5, 5.41) is 9.08. The minimum Gasteiger partial charge on any atom is -0.470 e. The number of carbonyl (C=O) groups is 1. The molecule has 5 heteroatoms. The van der Waals surface area contributed by atoms with Gasteiger partial charge < -0.3 is 9.64 Å². The van der Waals surface area contributed by atoms with Gasteiger partial charge in [0.2, 0.25) is 11.8 Å². The maximum Gasteiger partial charge on any atom is 0.232 e. The van der Waals surface area contributed by atoms with Crippen LogP contribution in [0.25, 0.3) is 11.1 Å². The molecule has 138 valence electrons. The van der Waals surface area contributed by atoms with E-state index in [-0.39, 0.29) is 12.0 Å². The fourth-order valence-electron chi connectivity index (χ4n) is 3.18. The number of pyridine rings is 1. The quantitative estimate of drug-likeness (QED) is 0.691. The van der Waals surface area contributed by atoms with Crippen molar-refractivity contribution in [2.24, 2.45) is 0 Å². The number of hydrogen-bond acceptors (Lipinski definition) is 4. The van der Waals surface area contributed by atoms with E-state index in [9.17, 15) is 4.79 Å². The summed E-state index contributed by atoms with van der Waals surface area (Å²) >= 11 is 0. The average Bonchev–Trinajstić information content (AvgIpc) is 2.71. The van der Waals surface area contributed by atoms with Gasteiger partial charge in [-0.15, -0.1) is 0 Å². The van der Waals surface area contributed by atoms with Gasteiger partial charge in [-0.25, -0.2) is 4.98 Å². The second-order valence-electron chi connectivity index (χ2n) is 6.75. The monoisotopic (exact) mass is 369 g/mol. The van der Waals surface area contributed by atoms with Crippen LogP contribution in [0.1, 0.15) is 11.1 Å². The molecule has 2 heterocycles. The predicted molar refractivity (Wildman–Crippen MR) is 106 cm³/mol. The minimum absolute atomic E-state index is 0.0776. The van der Waals surface area contributed by atoms with Gasteiger partial charge in [0.05, 0.1) is 19.5 Å². The van der Waals surface area contributed by atoms with E-state index in [1.807, 2.05) is 42.5 Å². The van der Waals surface area contributed by atoms with Crippen molar-refractivity contribution in [2.75, 3.05) is 13.1 Å². The van der Waals surface area contributed by atoms with Gasteiger partial charge >= 0.3 is 0 Å². The Bertz CT molecular complexity index is 1000. The molecule has 0 radical (unpaired) electrons. The summed E-state index contributed by atoms with van der Waals surface area (Å²) in [6.45, 7) is 1.03. The molecule has 1 aliphatic heterocycles. The third-order valence-electron chi connectivity index (χ3n) is 4.79. The summed E-state index contributed by atoms with van der Waals surface area (Å²) in [4.78, 5) is 18.3. The molecule has 4 rings (SSSR count). The number of carbonyl (C=O) groups excluding carboxylic acids is 1. The Kier molecular flexibility index (Phi) is 5.03. The van der Waals surface area contributed by atoms with Gasteiger partial charge in [0.25, 0.3) is 0 Å². The highest BCUT2D eigenvalue weighted by Gasteiger charge is 2.32. The summed E-state index contributed by atoms with van der Waals surface area (Å²) in [6.07, 6.45) is 1.84. The highest BCUT2D eigenvalue weighted by atomic mass is 16.5. The summed E-state index contributed by atoms with van der Waals surface area (Å²) < 4.78 is 5.74. The van der Waals surface area contributed by atoms with Crippen molar-refractivity contribution < 1.29 is 9.53 Å². The Morgan fingerprint density at radius 3 is 2.46 bits per heavy atom. The molecule has 1 fully saturated rings. The average molecular weight is 369 g/mol. The lowest BCUT2D eigenvalue weighted by Crippen LogP contribution is -2.56. The first-order valence-corrected chi connectivity index (χ1v) is 9.17. The molecule has 0 atom stereocenters. The van der Waals surface area contributed by atoms with Crippen molar-refractivity contribution in [3.8, 4) is 23.1 Å². The molecule has 0 saturated carbocycles. The van der Waals surface area contributed by atoms with Crippen LogP contribution < -0.4 is 4.74 Å². The number of aromatic nitrogens is 1. The van der Waals surface area contributed by atoms with Crippen LogP contribution in [0.3, 0.4) is 0 Å². The number of benzene rings is 2. The van der Waals surface area contributed by atoms with E-state index >= 15 is 0 Å². The van der Waals surface area contributed by atoms with Gasteiger partial charge in [-0.1, -0.05) is 54.6 Å². The Hall–Kier alpha value is -3.65. The molecule has 0 bridgehead atoms. The fourth-order valence-corrected chi connectivity index (χ4v) is 3.18. The summed E-state index contributed by atoms with van der Waals surface area (Å²) in [5.41, 5.74) is 3.70. The molecule has 28 heavy (non-hydrogen) atoms. The summed E-state index contributed by atoms with van der Waals surface area (Å²) in [7, 11) is 0. The van der Waals surface area contributed by atoms with Gasteiger partial charge in [-0.3, -0.25) is 4.79 Å². The summed E-state index contributed by atoms with van der Waals surface area (Å²) in [6, 6.07) is 23.7. The van der Waals surface area contributed by atoms with Gasteiger partial charge in [-0.05, 0) is 28.8 Å².